The second-order valence-electron chi connectivity index (χ2n) is 3.49. The SMILES string of the molecule is Cc1cccc(S(=O)(=O)c2ccccn2)c1. The molecular formula is C12H11NO2S. The summed E-state index contributed by atoms with van der Waals surface area (Å²) in [5, 5.41) is 0.0839. The summed E-state index contributed by atoms with van der Waals surface area (Å²) in [6.45, 7) is 1.86. The third-order valence-electron chi connectivity index (χ3n) is 2.21. The lowest BCUT2D eigenvalue weighted by molar-refractivity contribution is 0.592. The summed E-state index contributed by atoms with van der Waals surface area (Å²) in [7, 11) is -3.47. The second-order valence-corrected chi connectivity index (χ2v) is 5.38. The molecule has 82 valence electrons. The van der Waals surface area contributed by atoms with Crippen LogP contribution in [0.25, 0.3) is 0 Å². The first kappa shape index (κ1) is 10.8. The number of hydrogen-bond donors (Lipinski definition) is 0. The summed E-state index contributed by atoms with van der Waals surface area (Å²) in [6, 6.07) is 11.7. The van der Waals surface area contributed by atoms with Crippen LogP contribution in [-0.4, -0.2) is 13.4 Å². The minimum atomic E-state index is -3.47. The summed E-state index contributed by atoms with van der Waals surface area (Å²) in [5.41, 5.74) is 0.914. The van der Waals surface area contributed by atoms with Gasteiger partial charge in [0.05, 0.1) is 4.90 Å². The molecule has 1 aromatic carbocycles. The number of hydrogen-bond acceptors (Lipinski definition) is 3. The van der Waals surface area contributed by atoms with Gasteiger partial charge in [0.1, 0.15) is 0 Å². The smallest absolute Gasteiger partial charge is 0.223 e. The molecule has 0 unspecified atom stereocenters. The lowest BCUT2D eigenvalue weighted by Crippen LogP contribution is -2.03. The van der Waals surface area contributed by atoms with E-state index in [4.69, 9.17) is 0 Å². The molecule has 0 atom stereocenters. The van der Waals surface area contributed by atoms with Crippen LogP contribution in [-0.2, 0) is 9.84 Å². The van der Waals surface area contributed by atoms with Crippen molar-refractivity contribution in [1.82, 2.24) is 4.98 Å². The van der Waals surface area contributed by atoms with Crippen LogP contribution < -0.4 is 0 Å². The maximum absolute atomic E-state index is 12.1. The lowest BCUT2D eigenvalue weighted by Gasteiger charge is -2.03. The predicted molar refractivity (Wildman–Crippen MR) is 60.9 cm³/mol. The molecule has 0 amide bonds. The maximum atomic E-state index is 12.1. The molecule has 0 aliphatic rings. The molecule has 1 aromatic heterocycles. The van der Waals surface area contributed by atoms with Gasteiger partial charge in [0.2, 0.25) is 9.84 Å². The number of benzene rings is 1. The van der Waals surface area contributed by atoms with Crippen molar-refractivity contribution in [2.24, 2.45) is 0 Å². The lowest BCUT2D eigenvalue weighted by atomic mass is 10.2. The molecule has 0 spiro atoms. The normalized spacial score (nSPS) is 11.3. The van der Waals surface area contributed by atoms with Crippen molar-refractivity contribution < 1.29 is 8.42 Å². The van der Waals surface area contributed by atoms with Crippen LogP contribution in [0.1, 0.15) is 5.56 Å². The van der Waals surface area contributed by atoms with E-state index in [2.05, 4.69) is 4.98 Å². The Bertz CT molecular complexity index is 591. The number of pyridine rings is 1. The van der Waals surface area contributed by atoms with Crippen LogP contribution >= 0.6 is 0 Å². The highest BCUT2D eigenvalue weighted by Gasteiger charge is 2.18. The fourth-order valence-electron chi connectivity index (χ4n) is 1.41. The Morgan fingerprint density at radius 1 is 1.06 bits per heavy atom. The molecule has 2 aromatic rings. The van der Waals surface area contributed by atoms with Gasteiger partial charge in [-0.1, -0.05) is 18.2 Å². The van der Waals surface area contributed by atoms with Gasteiger partial charge in [-0.2, -0.15) is 0 Å². The second kappa shape index (κ2) is 4.06. The Kier molecular flexibility index (Phi) is 2.75. The highest BCUT2D eigenvalue weighted by atomic mass is 32.2. The quantitative estimate of drug-likeness (QED) is 0.799. The molecule has 0 fully saturated rings. The molecule has 0 saturated heterocycles. The van der Waals surface area contributed by atoms with Crippen LogP contribution in [0.4, 0.5) is 0 Å². The minimum Gasteiger partial charge on any atom is -0.244 e. The van der Waals surface area contributed by atoms with Crippen molar-refractivity contribution in [2.45, 2.75) is 16.8 Å². The molecule has 0 aliphatic heterocycles. The summed E-state index contributed by atoms with van der Waals surface area (Å²) in [5.74, 6) is 0. The highest BCUT2D eigenvalue weighted by Crippen LogP contribution is 2.19. The summed E-state index contributed by atoms with van der Waals surface area (Å²) >= 11 is 0. The van der Waals surface area contributed by atoms with Gasteiger partial charge in [-0.3, -0.25) is 0 Å². The Balaban J connectivity index is 2.56. The van der Waals surface area contributed by atoms with E-state index in [1.54, 1.807) is 30.3 Å². The van der Waals surface area contributed by atoms with Crippen molar-refractivity contribution in [1.29, 1.82) is 0 Å². The van der Waals surface area contributed by atoms with E-state index in [-0.39, 0.29) is 9.92 Å². The van der Waals surface area contributed by atoms with Crippen LogP contribution in [0, 0.1) is 6.92 Å². The van der Waals surface area contributed by atoms with Crippen molar-refractivity contribution in [3.05, 3.63) is 54.2 Å². The Labute approximate surface area is 94.7 Å². The third-order valence-corrected chi connectivity index (χ3v) is 3.88. The predicted octanol–water partition coefficient (Wildman–Crippen LogP) is 2.22. The fourth-order valence-corrected chi connectivity index (χ4v) is 2.71. The molecule has 16 heavy (non-hydrogen) atoms. The van der Waals surface area contributed by atoms with E-state index in [0.29, 0.717) is 0 Å². The van der Waals surface area contributed by atoms with Crippen molar-refractivity contribution in [3.63, 3.8) is 0 Å². The number of nitrogens with zero attached hydrogens (tertiary/aromatic N) is 1. The van der Waals surface area contributed by atoms with E-state index < -0.39 is 9.84 Å². The van der Waals surface area contributed by atoms with Crippen molar-refractivity contribution >= 4 is 9.84 Å². The summed E-state index contributed by atoms with van der Waals surface area (Å²) in [4.78, 5) is 4.15. The average Bonchev–Trinajstić information content (AvgIpc) is 2.30. The number of aryl methyl sites for hydroxylation is 1. The van der Waals surface area contributed by atoms with Gasteiger partial charge in [0, 0.05) is 6.20 Å². The van der Waals surface area contributed by atoms with Crippen molar-refractivity contribution in [3.8, 4) is 0 Å². The number of rotatable bonds is 2. The van der Waals surface area contributed by atoms with Crippen molar-refractivity contribution in [2.75, 3.05) is 0 Å². The molecule has 0 bridgehead atoms. The molecule has 2 rings (SSSR count). The third kappa shape index (κ3) is 1.97. The van der Waals surface area contributed by atoms with E-state index >= 15 is 0 Å². The molecule has 3 nitrogen and oxygen atoms in total. The molecule has 0 aliphatic carbocycles. The van der Waals surface area contributed by atoms with Crippen LogP contribution in [0.3, 0.4) is 0 Å². The van der Waals surface area contributed by atoms with E-state index in [1.165, 1.54) is 12.3 Å². The Hall–Kier alpha value is -1.68. The zero-order chi connectivity index (χ0) is 11.6. The minimum absolute atomic E-state index is 0.0839. The monoisotopic (exact) mass is 233 g/mol. The Morgan fingerprint density at radius 2 is 1.88 bits per heavy atom. The largest absolute Gasteiger partial charge is 0.244 e. The topological polar surface area (TPSA) is 47.0 Å². The van der Waals surface area contributed by atoms with Crippen LogP contribution in [0.5, 0.6) is 0 Å². The van der Waals surface area contributed by atoms with E-state index in [9.17, 15) is 8.42 Å². The number of aromatic nitrogens is 1. The van der Waals surface area contributed by atoms with Crippen LogP contribution in [0.15, 0.2) is 58.6 Å². The molecule has 0 radical (unpaired) electrons. The van der Waals surface area contributed by atoms with Gasteiger partial charge in [-0.05, 0) is 36.8 Å². The van der Waals surface area contributed by atoms with Gasteiger partial charge in [0.15, 0.2) is 5.03 Å². The maximum Gasteiger partial charge on any atom is 0.223 e. The zero-order valence-corrected chi connectivity index (χ0v) is 9.61. The molecule has 1 heterocycles. The highest BCUT2D eigenvalue weighted by molar-refractivity contribution is 7.91. The van der Waals surface area contributed by atoms with Gasteiger partial charge >= 0.3 is 0 Å². The average molecular weight is 233 g/mol. The summed E-state index contributed by atoms with van der Waals surface area (Å²) < 4.78 is 24.2. The first-order valence-corrected chi connectivity index (χ1v) is 6.32. The Morgan fingerprint density at radius 3 is 2.50 bits per heavy atom. The standard InChI is InChI=1S/C12H11NO2S/c1-10-5-4-6-11(9-10)16(14,15)12-7-2-3-8-13-12/h2-9H,1H3. The van der Waals surface area contributed by atoms with Gasteiger partial charge in [-0.25, -0.2) is 13.4 Å². The zero-order valence-electron chi connectivity index (χ0n) is 8.79. The molecular weight excluding hydrogens is 222 g/mol. The fraction of sp³-hybridized carbons (Fsp3) is 0.0833. The van der Waals surface area contributed by atoms with E-state index in [0.717, 1.165) is 5.56 Å². The van der Waals surface area contributed by atoms with Crippen LogP contribution in [0.2, 0.25) is 0 Å². The van der Waals surface area contributed by atoms with E-state index in [1.807, 2.05) is 13.0 Å². The molecule has 0 saturated carbocycles. The first-order chi connectivity index (χ1) is 7.60. The first-order valence-electron chi connectivity index (χ1n) is 4.83. The molecule has 4 heteroatoms. The van der Waals surface area contributed by atoms with Gasteiger partial charge < -0.3 is 0 Å². The van der Waals surface area contributed by atoms with Gasteiger partial charge in [-0.15, -0.1) is 0 Å². The number of sulfone groups is 1. The summed E-state index contributed by atoms with van der Waals surface area (Å²) in [6.07, 6.45) is 1.47. The molecule has 0 N–H and O–H groups in total. The van der Waals surface area contributed by atoms with Gasteiger partial charge in [0.25, 0.3) is 0 Å².